The molecule has 1 aliphatic heterocycles. The van der Waals surface area contributed by atoms with Gasteiger partial charge in [-0.05, 0) is 50.6 Å². The molecule has 2 heterocycles. The second kappa shape index (κ2) is 12.7. The fourth-order valence-electron chi connectivity index (χ4n) is 3.48. The van der Waals surface area contributed by atoms with Crippen molar-refractivity contribution in [1.29, 1.82) is 0 Å². The summed E-state index contributed by atoms with van der Waals surface area (Å²) in [4.78, 5) is 17.1. The number of nitrogens with two attached hydrogens (primary N) is 1. The Morgan fingerprint density at radius 2 is 1.94 bits per heavy atom. The fraction of sp³-hybridized carbons (Fsp3) is 0.550. The van der Waals surface area contributed by atoms with Gasteiger partial charge in [0.15, 0.2) is 17.3 Å². The number of methoxy groups -OCH3 is 2. The number of benzene rings is 1. The first-order chi connectivity index (χ1) is 14.0. The molecule has 1 atom stereocenters. The second-order valence-electron chi connectivity index (χ2n) is 7.29. The molecule has 3 rings (SSSR count). The van der Waals surface area contributed by atoms with Crippen LogP contribution in [0.15, 0.2) is 18.2 Å². The highest BCUT2D eigenvalue weighted by Gasteiger charge is 2.19. The van der Waals surface area contributed by atoms with E-state index in [0.717, 1.165) is 31.5 Å². The molecule has 2 aromatic rings. The number of piperidine rings is 1. The number of aromatic nitrogens is 3. The summed E-state index contributed by atoms with van der Waals surface area (Å²) in [5, 5.41) is 10.9. The van der Waals surface area contributed by atoms with Crippen molar-refractivity contribution in [2.45, 2.75) is 44.8 Å². The molecule has 0 radical (unpaired) electrons. The van der Waals surface area contributed by atoms with Gasteiger partial charge in [0.2, 0.25) is 5.91 Å². The van der Waals surface area contributed by atoms with E-state index in [1.807, 2.05) is 25.1 Å². The van der Waals surface area contributed by atoms with Gasteiger partial charge in [-0.15, -0.1) is 24.8 Å². The lowest BCUT2D eigenvalue weighted by Crippen LogP contribution is -2.44. The first-order valence-corrected chi connectivity index (χ1v) is 9.90. The van der Waals surface area contributed by atoms with Gasteiger partial charge in [-0.2, -0.15) is 5.10 Å². The van der Waals surface area contributed by atoms with Crippen molar-refractivity contribution in [2.24, 2.45) is 5.73 Å². The van der Waals surface area contributed by atoms with Crippen LogP contribution in [0.3, 0.4) is 0 Å². The van der Waals surface area contributed by atoms with Crippen LogP contribution in [0.2, 0.25) is 0 Å². The van der Waals surface area contributed by atoms with E-state index in [-0.39, 0.29) is 49.3 Å². The summed E-state index contributed by atoms with van der Waals surface area (Å²) < 4.78 is 12.2. The Bertz CT molecular complexity index is 840. The quantitative estimate of drug-likeness (QED) is 0.531. The SMILES string of the molecule is COc1ccc(Cc2nc([C@@H](C)N)n(CC(=O)NC3CCNCC3)n2)cc1OC.Cl.Cl. The summed E-state index contributed by atoms with van der Waals surface area (Å²) in [5.41, 5.74) is 7.05. The zero-order valence-corrected chi connectivity index (χ0v) is 19.7. The maximum Gasteiger partial charge on any atom is 0.242 e. The third-order valence-corrected chi connectivity index (χ3v) is 4.96. The maximum atomic E-state index is 12.5. The summed E-state index contributed by atoms with van der Waals surface area (Å²) in [5.74, 6) is 2.46. The highest BCUT2D eigenvalue weighted by Crippen LogP contribution is 2.28. The van der Waals surface area contributed by atoms with Crippen LogP contribution >= 0.6 is 24.8 Å². The molecule has 0 bridgehead atoms. The lowest BCUT2D eigenvalue weighted by atomic mass is 10.1. The highest BCUT2D eigenvalue weighted by molar-refractivity contribution is 5.85. The summed E-state index contributed by atoms with van der Waals surface area (Å²) >= 11 is 0. The molecule has 174 valence electrons. The topological polar surface area (TPSA) is 116 Å². The fourth-order valence-corrected chi connectivity index (χ4v) is 3.48. The monoisotopic (exact) mass is 474 g/mol. The molecular weight excluding hydrogens is 443 g/mol. The Kier molecular flexibility index (Phi) is 11.1. The zero-order chi connectivity index (χ0) is 20.8. The van der Waals surface area contributed by atoms with E-state index in [1.165, 1.54) is 0 Å². The number of nitrogens with zero attached hydrogens (tertiary/aromatic N) is 3. The van der Waals surface area contributed by atoms with Crippen molar-refractivity contribution < 1.29 is 14.3 Å². The Morgan fingerprint density at radius 1 is 1.26 bits per heavy atom. The number of amides is 1. The van der Waals surface area contributed by atoms with E-state index < -0.39 is 0 Å². The molecule has 0 aliphatic carbocycles. The van der Waals surface area contributed by atoms with Gasteiger partial charge in [0, 0.05) is 12.5 Å². The zero-order valence-electron chi connectivity index (χ0n) is 18.1. The molecule has 31 heavy (non-hydrogen) atoms. The Hall–Kier alpha value is -2.07. The van der Waals surface area contributed by atoms with Crippen LogP contribution in [0.5, 0.6) is 11.5 Å². The van der Waals surface area contributed by atoms with Crippen LogP contribution < -0.4 is 25.8 Å². The van der Waals surface area contributed by atoms with Crippen molar-refractivity contribution in [3.05, 3.63) is 35.4 Å². The molecule has 0 saturated carbocycles. The van der Waals surface area contributed by atoms with Gasteiger partial charge in [-0.1, -0.05) is 6.07 Å². The van der Waals surface area contributed by atoms with E-state index in [4.69, 9.17) is 15.2 Å². The van der Waals surface area contributed by atoms with Gasteiger partial charge in [-0.25, -0.2) is 9.67 Å². The Balaban J connectivity index is 0.00000240. The molecule has 1 amide bonds. The lowest BCUT2D eigenvalue weighted by molar-refractivity contribution is -0.122. The number of nitrogens with one attached hydrogen (secondary N) is 2. The minimum Gasteiger partial charge on any atom is -0.493 e. The van der Waals surface area contributed by atoms with Gasteiger partial charge < -0.3 is 25.8 Å². The van der Waals surface area contributed by atoms with Gasteiger partial charge in [0.1, 0.15) is 12.4 Å². The standard InChI is InChI=1S/C20H30N6O3.2ClH/c1-13(21)20-24-18(11-14-4-5-16(28-2)17(10-14)29-3)25-26(20)12-19(27)23-15-6-8-22-9-7-15;;/h4-5,10,13,15,22H,6-9,11-12,21H2,1-3H3,(H,23,27);2*1H/t13-;;/m1../s1. The van der Waals surface area contributed by atoms with Gasteiger partial charge >= 0.3 is 0 Å². The average Bonchev–Trinajstić information content (AvgIpc) is 3.10. The minimum atomic E-state index is -0.326. The first kappa shape index (κ1) is 27.0. The molecule has 4 N–H and O–H groups in total. The molecule has 1 aliphatic rings. The van der Waals surface area contributed by atoms with E-state index >= 15 is 0 Å². The van der Waals surface area contributed by atoms with E-state index in [2.05, 4.69) is 20.7 Å². The largest absolute Gasteiger partial charge is 0.493 e. The molecule has 1 aromatic heterocycles. The van der Waals surface area contributed by atoms with Crippen molar-refractivity contribution >= 4 is 30.7 Å². The van der Waals surface area contributed by atoms with Crippen LogP contribution in [-0.2, 0) is 17.8 Å². The average molecular weight is 475 g/mol. The van der Waals surface area contributed by atoms with Crippen LogP contribution in [0, 0.1) is 0 Å². The van der Waals surface area contributed by atoms with Crippen LogP contribution in [0.25, 0.3) is 0 Å². The number of ether oxygens (including phenoxy) is 2. The minimum absolute atomic E-state index is 0. The first-order valence-electron chi connectivity index (χ1n) is 9.90. The molecule has 0 unspecified atom stereocenters. The lowest BCUT2D eigenvalue weighted by Gasteiger charge is -2.23. The number of carbonyl (C=O) groups is 1. The summed E-state index contributed by atoms with van der Waals surface area (Å²) in [6, 6.07) is 5.57. The Labute approximate surface area is 195 Å². The van der Waals surface area contributed by atoms with Crippen molar-refractivity contribution in [3.63, 3.8) is 0 Å². The molecular formula is C20H32Cl2N6O3. The summed E-state index contributed by atoms with van der Waals surface area (Å²) in [7, 11) is 3.20. The molecule has 0 spiro atoms. The number of carbonyl (C=O) groups excluding carboxylic acids is 1. The molecule has 1 aromatic carbocycles. The smallest absolute Gasteiger partial charge is 0.242 e. The predicted octanol–water partition coefficient (Wildman–Crippen LogP) is 1.62. The van der Waals surface area contributed by atoms with E-state index in [9.17, 15) is 4.79 Å². The van der Waals surface area contributed by atoms with Crippen LogP contribution in [-0.4, -0.2) is 54.0 Å². The van der Waals surface area contributed by atoms with Gasteiger partial charge in [-0.3, -0.25) is 4.79 Å². The number of hydrogen-bond donors (Lipinski definition) is 3. The van der Waals surface area contributed by atoms with Gasteiger partial charge in [0.25, 0.3) is 0 Å². The molecule has 9 nitrogen and oxygen atoms in total. The molecule has 1 saturated heterocycles. The number of rotatable bonds is 8. The van der Waals surface area contributed by atoms with Crippen LogP contribution in [0.1, 0.15) is 43.0 Å². The van der Waals surface area contributed by atoms with E-state index in [1.54, 1.807) is 18.9 Å². The Morgan fingerprint density at radius 3 is 2.55 bits per heavy atom. The summed E-state index contributed by atoms with van der Waals surface area (Å²) in [6.45, 7) is 3.80. The third-order valence-electron chi connectivity index (χ3n) is 4.96. The third kappa shape index (κ3) is 7.24. The predicted molar refractivity (Wildman–Crippen MR) is 124 cm³/mol. The van der Waals surface area contributed by atoms with E-state index in [0.29, 0.717) is 29.6 Å². The van der Waals surface area contributed by atoms with Crippen molar-refractivity contribution in [3.8, 4) is 11.5 Å². The summed E-state index contributed by atoms with van der Waals surface area (Å²) in [6.07, 6.45) is 2.38. The van der Waals surface area contributed by atoms with Crippen molar-refractivity contribution in [2.75, 3.05) is 27.3 Å². The molecule has 11 heteroatoms. The molecule has 1 fully saturated rings. The normalized spacial score (nSPS) is 14.7. The second-order valence-corrected chi connectivity index (χ2v) is 7.29. The van der Waals surface area contributed by atoms with Crippen LogP contribution in [0.4, 0.5) is 0 Å². The number of hydrogen-bond acceptors (Lipinski definition) is 7. The number of halogens is 2. The maximum absolute atomic E-state index is 12.5. The highest BCUT2D eigenvalue weighted by atomic mass is 35.5. The van der Waals surface area contributed by atoms with Gasteiger partial charge in [0.05, 0.1) is 20.3 Å². The van der Waals surface area contributed by atoms with Crippen molar-refractivity contribution in [1.82, 2.24) is 25.4 Å².